The Morgan fingerprint density at radius 1 is 1.24 bits per heavy atom. The van der Waals surface area contributed by atoms with E-state index in [0.29, 0.717) is 11.7 Å². The Hall–Kier alpha value is -1.89. The Morgan fingerprint density at radius 3 is 2.62 bits per heavy atom. The third-order valence-electron chi connectivity index (χ3n) is 3.05. The number of aromatic nitrogens is 3. The van der Waals surface area contributed by atoms with E-state index >= 15 is 0 Å². The standard InChI is InChI=1S/C14H20N4O2S/c1-9(2)18-13(15)16-17-14(18)21-8-10-7-11(19-3)5-6-12(10)20-4/h5-7,9H,8H2,1-4H3,(H2,15,16). The van der Waals surface area contributed by atoms with Gasteiger partial charge in [0.15, 0.2) is 5.16 Å². The maximum Gasteiger partial charge on any atom is 0.222 e. The second kappa shape index (κ2) is 6.71. The third kappa shape index (κ3) is 3.41. The molecule has 0 aliphatic heterocycles. The highest BCUT2D eigenvalue weighted by Crippen LogP contribution is 2.31. The predicted octanol–water partition coefficient (Wildman–Crippen LogP) is 2.75. The first kappa shape index (κ1) is 15.5. The van der Waals surface area contributed by atoms with E-state index in [9.17, 15) is 0 Å². The third-order valence-corrected chi connectivity index (χ3v) is 4.04. The van der Waals surface area contributed by atoms with Gasteiger partial charge in [-0.3, -0.25) is 4.57 Å². The number of benzene rings is 1. The van der Waals surface area contributed by atoms with Crippen LogP contribution in [0.2, 0.25) is 0 Å². The van der Waals surface area contributed by atoms with Gasteiger partial charge in [0.1, 0.15) is 11.5 Å². The highest BCUT2D eigenvalue weighted by molar-refractivity contribution is 7.98. The van der Waals surface area contributed by atoms with Crippen molar-refractivity contribution in [3.63, 3.8) is 0 Å². The van der Waals surface area contributed by atoms with Crippen LogP contribution < -0.4 is 15.2 Å². The topological polar surface area (TPSA) is 75.2 Å². The van der Waals surface area contributed by atoms with E-state index in [2.05, 4.69) is 24.0 Å². The van der Waals surface area contributed by atoms with Crippen LogP contribution in [0.4, 0.5) is 5.95 Å². The average Bonchev–Trinajstić information content (AvgIpc) is 2.85. The normalized spacial score (nSPS) is 10.9. The Morgan fingerprint density at radius 2 is 2.00 bits per heavy atom. The van der Waals surface area contributed by atoms with E-state index in [-0.39, 0.29) is 6.04 Å². The Balaban J connectivity index is 2.20. The molecule has 1 heterocycles. The van der Waals surface area contributed by atoms with Gasteiger partial charge in [-0.05, 0) is 32.0 Å². The molecule has 1 aromatic carbocycles. The molecular formula is C14H20N4O2S. The molecule has 0 saturated heterocycles. The van der Waals surface area contributed by atoms with Gasteiger partial charge < -0.3 is 15.2 Å². The summed E-state index contributed by atoms with van der Waals surface area (Å²) in [5.74, 6) is 2.76. The molecular weight excluding hydrogens is 288 g/mol. The molecule has 1 aromatic heterocycles. The van der Waals surface area contributed by atoms with Crippen molar-refractivity contribution in [2.24, 2.45) is 0 Å². The van der Waals surface area contributed by atoms with Gasteiger partial charge in [-0.1, -0.05) is 11.8 Å². The SMILES string of the molecule is COc1ccc(OC)c(CSc2nnc(N)n2C(C)C)c1. The van der Waals surface area contributed by atoms with Crippen molar-refractivity contribution in [2.45, 2.75) is 30.8 Å². The summed E-state index contributed by atoms with van der Waals surface area (Å²) in [4.78, 5) is 0. The molecule has 2 rings (SSSR count). The van der Waals surface area contributed by atoms with E-state index in [0.717, 1.165) is 22.2 Å². The number of nitrogens with zero attached hydrogens (tertiary/aromatic N) is 3. The molecule has 0 saturated carbocycles. The van der Waals surface area contributed by atoms with Crippen molar-refractivity contribution in [1.82, 2.24) is 14.8 Å². The lowest BCUT2D eigenvalue weighted by Gasteiger charge is -2.13. The number of rotatable bonds is 6. The van der Waals surface area contributed by atoms with Crippen LogP contribution in [0.3, 0.4) is 0 Å². The van der Waals surface area contributed by atoms with E-state index in [1.165, 1.54) is 0 Å². The summed E-state index contributed by atoms with van der Waals surface area (Å²) in [6.45, 7) is 4.10. The van der Waals surface area contributed by atoms with Crippen LogP contribution >= 0.6 is 11.8 Å². The molecule has 0 spiro atoms. The molecule has 0 atom stereocenters. The van der Waals surface area contributed by atoms with Crippen LogP contribution in [0.15, 0.2) is 23.4 Å². The van der Waals surface area contributed by atoms with E-state index in [1.54, 1.807) is 26.0 Å². The molecule has 0 aliphatic rings. The van der Waals surface area contributed by atoms with E-state index in [1.807, 2.05) is 22.8 Å². The molecule has 2 N–H and O–H groups in total. The van der Waals surface area contributed by atoms with E-state index in [4.69, 9.17) is 15.2 Å². The largest absolute Gasteiger partial charge is 0.497 e. The molecule has 21 heavy (non-hydrogen) atoms. The smallest absolute Gasteiger partial charge is 0.222 e. The summed E-state index contributed by atoms with van der Waals surface area (Å²) in [6, 6.07) is 5.96. The fraction of sp³-hybridized carbons (Fsp3) is 0.429. The van der Waals surface area contributed by atoms with Crippen molar-refractivity contribution in [3.8, 4) is 11.5 Å². The Bertz CT molecular complexity index is 613. The quantitative estimate of drug-likeness (QED) is 0.827. The summed E-state index contributed by atoms with van der Waals surface area (Å²) in [7, 11) is 3.30. The van der Waals surface area contributed by atoms with Gasteiger partial charge in [-0.25, -0.2) is 0 Å². The fourth-order valence-electron chi connectivity index (χ4n) is 2.01. The van der Waals surface area contributed by atoms with Crippen LogP contribution in [0, 0.1) is 0 Å². The first-order valence-corrected chi connectivity index (χ1v) is 7.59. The average molecular weight is 308 g/mol. The summed E-state index contributed by atoms with van der Waals surface area (Å²) < 4.78 is 12.5. The van der Waals surface area contributed by atoms with Crippen molar-refractivity contribution in [3.05, 3.63) is 23.8 Å². The molecule has 0 amide bonds. The van der Waals surface area contributed by atoms with Crippen molar-refractivity contribution >= 4 is 17.7 Å². The van der Waals surface area contributed by atoms with Gasteiger partial charge in [0.25, 0.3) is 0 Å². The van der Waals surface area contributed by atoms with Crippen molar-refractivity contribution < 1.29 is 9.47 Å². The molecule has 0 unspecified atom stereocenters. The Labute approximate surface area is 128 Å². The number of methoxy groups -OCH3 is 2. The summed E-state index contributed by atoms with van der Waals surface area (Å²) in [5, 5.41) is 8.87. The molecule has 0 aliphatic carbocycles. The minimum Gasteiger partial charge on any atom is -0.497 e. The van der Waals surface area contributed by atoms with Gasteiger partial charge in [-0.2, -0.15) is 0 Å². The van der Waals surface area contributed by atoms with Gasteiger partial charge in [0, 0.05) is 17.4 Å². The lowest BCUT2D eigenvalue weighted by atomic mass is 10.2. The van der Waals surface area contributed by atoms with Gasteiger partial charge in [0.2, 0.25) is 5.95 Å². The molecule has 114 valence electrons. The lowest BCUT2D eigenvalue weighted by molar-refractivity contribution is 0.400. The van der Waals surface area contributed by atoms with Crippen LogP contribution in [-0.2, 0) is 5.75 Å². The van der Waals surface area contributed by atoms with Crippen LogP contribution in [0.1, 0.15) is 25.5 Å². The Kier molecular flexibility index (Phi) is 4.95. The van der Waals surface area contributed by atoms with Gasteiger partial charge in [-0.15, -0.1) is 10.2 Å². The monoisotopic (exact) mass is 308 g/mol. The fourth-order valence-corrected chi connectivity index (χ4v) is 3.06. The number of nitrogens with two attached hydrogens (primary N) is 1. The van der Waals surface area contributed by atoms with Crippen molar-refractivity contribution in [2.75, 3.05) is 20.0 Å². The summed E-state index contributed by atoms with van der Waals surface area (Å²) in [5.41, 5.74) is 6.88. The van der Waals surface area contributed by atoms with Gasteiger partial charge in [0.05, 0.1) is 14.2 Å². The minimum absolute atomic E-state index is 0.217. The summed E-state index contributed by atoms with van der Waals surface area (Å²) >= 11 is 1.57. The second-order valence-corrected chi connectivity index (χ2v) is 5.71. The predicted molar refractivity (Wildman–Crippen MR) is 83.9 cm³/mol. The number of hydrogen-bond donors (Lipinski definition) is 1. The highest BCUT2D eigenvalue weighted by atomic mass is 32.2. The highest BCUT2D eigenvalue weighted by Gasteiger charge is 2.14. The number of anilines is 1. The molecule has 7 heteroatoms. The number of hydrogen-bond acceptors (Lipinski definition) is 6. The zero-order valence-electron chi connectivity index (χ0n) is 12.7. The van der Waals surface area contributed by atoms with Crippen molar-refractivity contribution in [1.29, 1.82) is 0 Å². The lowest BCUT2D eigenvalue weighted by Crippen LogP contribution is -2.07. The maximum atomic E-state index is 5.84. The molecule has 6 nitrogen and oxygen atoms in total. The minimum atomic E-state index is 0.217. The van der Waals surface area contributed by atoms with Gasteiger partial charge >= 0.3 is 0 Å². The number of nitrogen functional groups attached to an aromatic ring is 1. The van der Waals surface area contributed by atoms with E-state index < -0.39 is 0 Å². The number of thioether (sulfide) groups is 1. The molecule has 0 fully saturated rings. The molecule has 0 radical (unpaired) electrons. The molecule has 0 bridgehead atoms. The summed E-state index contributed by atoms with van der Waals surface area (Å²) in [6.07, 6.45) is 0. The molecule has 2 aromatic rings. The zero-order valence-corrected chi connectivity index (χ0v) is 13.5. The first-order valence-electron chi connectivity index (χ1n) is 6.61. The maximum absolute atomic E-state index is 5.84. The van der Waals surface area contributed by atoms with Crippen LogP contribution in [-0.4, -0.2) is 29.0 Å². The van der Waals surface area contributed by atoms with Crippen LogP contribution in [0.25, 0.3) is 0 Å². The number of ether oxygens (including phenoxy) is 2. The van der Waals surface area contributed by atoms with Crippen LogP contribution in [0.5, 0.6) is 11.5 Å². The second-order valence-electron chi connectivity index (χ2n) is 4.77. The first-order chi connectivity index (χ1) is 10.1. The zero-order chi connectivity index (χ0) is 15.4.